The maximum Gasteiger partial charge on any atom is 0.149 e. The first kappa shape index (κ1) is 12.0. The van der Waals surface area contributed by atoms with Gasteiger partial charge < -0.3 is 0 Å². The van der Waals surface area contributed by atoms with Gasteiger partial charge in [-0.1, -0.05) is 5.21 Å². The highest BCUT2D eigenvalue weighted by atomic mass is 35.5. The molecule has 1 aromatic heterocycles. The molecule has 2 aromatic rings. The van der Waals surface area contributed by atoms with E-state index in [9.17, 15) is 8.78 Å². The smallest absolute Gasteiger partial charge is 0.149 e. The van der Waals surface area contributed by atoms with Gasteiger partial charge in [0.25, 0.3) is 0 Å². The molecule has 0 bridgehead atoms. The zero-order valence-corrected chi connectivity index (χ0v) is 10.0. The average molecular weight is 258 g/mol. The average Bonchev–Trinajstić information content (AvgIpc) is 2.72. The molecule has 0 aliphatic rings. The fourth-order valence-electron chi connectivity index (χ4n) is 1.39. The Morgan fingerprint density at radius 2 is 2.00 bits per heavy atom. The van der Waals surface area contributed by atoms with Gasteiger partial charge in [-0.25, -0.2) is 13.5 Å². The monoisotopic (exact) mass is 257 g/mol. The van der Waals surface area contributed by atoms with Crippen LogP contribution in [0.2, 0.25) is 0 Å². The lowest BCUT2D eigenvalue weighted by atomic mass is 10.2. The summed E-state index contributed by atoms with van der Waals surface area (Å²) in [4.78, 5) is 0. The van der Waals surface area contributed by atoms with Crippen LogP contribution in [0.1, 0.15) is 23.6 Å². The number of nitrogens with zero attached hydrogens (tertiary/aromatic N) is 3. The molecule has 0 fully saturated rings. The highest BCUT2D eigenvalue weighted by Crippen LogP contribution is 2.20. The van der Waals surface area contributed by atoms with E-state index < -0.39 is 11.6 Å². The van der Waals surface area contributed by atoms with Gasteiger partial charge in [0, 0.05) is 6.07 Å². The van der Waals surface area contributed by atoms with Crippen molar-refractivity contribution in [1.29, 1.82) is 0 Å². The quantitative estimate of drug-likeness (QED) is 0.774. The van der Waals surface area contributed by atoms with Crippen molar-refractivity contribution in [3.8, 4) is 5.69 Å². The summed E-state index contributed by atoms with van der Waals surface area (Å²) in [6, 6.07) is 2.21. The summed E-state index contributed by atoms with van der Waals surface area (Å²) in [6.45, 7) is 3.22. The molecule has 6 heteroatoms. The van der Waals surface area contributed by atoms with Crippen LogP contribution < -0.4 is 0 Å². The second-order valence-corrected chi connectivity index (χ2v) is 4.41. The standard InChI is InChI=1S/C11H10ClF2N3/c1-6-3-9(14)11(4-8(6)13)17-5-10(7(2)12)15-16-17/h3-5,7H,1-2H3. The van der Waals surface area contributed by atoms with Crippen LogP contribution in [-0.2, 0) is 0 Å². The Morgan fingerprint density at radius 3 is 2.59 bits per heavy atom. The van der Waals surface area contributed by atoms with E-state index in [1.54, 1.807) is 6.92 Å². The van der Waals surface area contributed by atoms with Gasteiger partial charge in [0.05, 0.1) is 11.6 Å². The first-order valence-corrected chi connectivity index (χ1v) is 5.45. The molecule has 1 aromatic carbocycles. The third-order valence-corrected chi connectivity index (χ3v) is 2.62. The lowest BCUT2D eigenvalue weighted by Gasteiger charge is -2.04. The van der Waals surface area contributed by atoms with Crippen LogP contribution in [0.15, 0.2) is 18.3 Å². The molecule has 0 aliphatic heterocycles. The second kappa shape index (κ2) is 4.41. The molecule has 0 saturated heterocycles. The largest absolute Gasteiger partial charge is 0.217 e. The van der Waals surface area contributed by atoms with Crippen molar-refractivity contribution in [1.82, 2.24) is 15.0 Å². The number of halogens is 3. The summed E-state index contributed by atoms with van der Waals surface area (Å²) in [5.74, 6) is -1.04. The summed E-state index contributed by atoms with van der Waals surface area (Å²) in [6.07, 6.45) is 1.48. The highest BCUT2D eigenvalue weighted by molar-refractivity contribution is 6.20. The van der Waals surface area contributed by atoms with Crippen LogP contribution in [0.5, 0.6) is 0 Å². The molecular formula is C11H10ClF2N3. The SMILES string of the molecule is Cc1cc(F)c(-n2cc(C(C)Cl)nn2)cc1F. The summed E-state index contributed by atoms with van der Waals surface area (Å²) in [5, 5.41) is 7.16. The first-order valence-electron chi connectivity index (χ1n) is 5.01. The molecule has 0 radical (unpaired) electrons. The predicted octanol–water partition coefficient (Wildman–Crippen LogP) is 3.15. The van der Waals surface area contributed by atoms with Crippen LogP contribution in [0.25, 0.3) is 5.69 Å². The van der Waals surface area contributed by atoms with Crippen LogP contribution >= 0.6 is 11.6 Å². The Kier molecular flexibility index (Phi) is 3.11. The number of benzene rings is 1. The molecule has 0 saturated carbocycles. The van der Waals surface area contributed by atoms with E-state index in [0.29, 0.717) is 5.69 Å². The van der Waals surface area contributed by atoms with Crippen molar-refractivity contribution in [2.75, 3.05) is 0 Å². The van der Waals surface area contributed by atoms with Crippen molar-refractivity contribution in [2.45, 2.75) is 19.2 Å². The van der Waals surface area contributed by atoms with E-state index in [4.69, 9.17) is 11.6 Å². The molecule has 0 spiro atoms. The fraction of sp³-hybridized carbons (Fsp3) is 0.273. The van der Waals surface area contributed by atoms with Gasteiger partial charge in [-0.3, -0.25) is 0 Å². The van der Waals surface area contributed by atoms with Gasteiger partial charge >= 0.3 is 0 Å². The molecule has 90 valence electrons. The Hall–Kier alpha value is -1.49. The van der Waals surface area contributed by atoms with E-state index in [1.807, 2.05) is 0 Å². The minimum absolute atomic E-state index is 0.0177. The van der Waals surface area contributed by atoms with Gasteiger partial charge in [-0.15, -0.1) is 16.7 Å². The fourth-order valence-corrected chi connectivity index (χ4v) is 1.49. The van der Waals surface area contributed by atoms with E-state index in [1.165, 1.54) is 17.8 Å². The molecular weight excluding hydrogens is 248 g/mol. The molecule has 1 unspecified atom stereocenters. The van der Waals surface area contributed by atoms with Crippen molar-refractivity contribution in [2.24, 2.45) is 0 Å². The molecule has 0 aliphatic carbocycles. The number of hydrogen-bond donors (Lipinski definition) is 0. The Bertz CT molecular complexity index is 552. The number of aryl methyl sites for hydroxylation is 1. The molecule has 0 amide bonds. The van der Waals surface area contributed by atoms with Crippen molar-refractivity contribution < 1.29 is 8.78 Å². The lowest BCUT2D eigenvalue weighted by molar-refractivity contribution is 0.578. The summed E-state index contributed by atoms with van der Waals surface area (Å²) in [5.41, 5.74) is 0.772. The summed E-state index contributed by atoms with van der Waals surface area (Å²) in [7, 11) is 0. The zero-order chi connectivity index (χ0) is 12.6. The third-order valence-electron chi connectivity index (χ3n) is 2.39. The van der Waals surface area contributed by atoms with Gasteiger partial charge in [0.15, 0.2) is 0 Å². The summed E-state index contributed by atoms with van der Waals surface area (Å²) < 4.78 is 28.2. The Labute approximate surface area is 102 Å². The van der Waals surface area contributed by atoms with Crippen molar-refractivity contribution in [3.05, 3.63) is 41.2 Å². The Morgan fingerprint density at radius 1 is 1.29 bits per heavy atom. The van der Waals surface area contributed by atoms with Gasteiger partial charge in [0.1, 0.15) is 23.0 Å². The van der Waals surface area contributed by atoms with Crippen molar-refractivity contribution >= 4 is 11.6 Å². The molecule has 3 nitrogen and oxygen atoms in total. The predicted molar refractivity (Wildman–Crippen MR) is 60.3 cm³/mol. The first-order chi connectivity index (χ1) is 7.99. The van der Waals surface area contributed by atoms with Gasteiger partial charge in [-0.2, -0.15) is 0 Å². The van der Waals surface area contributed by atoms with E-state index in [2.05, 4.69) is 10.3 Å². The number of alkyl halides is 1. The van der Waals surface area contributed by atoms with Gasteiger partial charge in [0.2, 0.25) is 0 Å². The zero-order valence-electron chi connectivity index (χ0n) is 9.28. The minimum atomic E-state index is -0.553. The number of rotatable bonds is 2. The molecule has 1 heterocycles. The van der Waals surface area contributed by atoms with E-state index in [-0.39, 0.29) is 16.6 Å². The molecule has 0 N–H and O–H groups in total. The van der Waals surface area contributed by atoms with E-state index >= 15 is 0 Å². The molecule has 17 heavy (non-hydrogen) atoms. The van der Waals surface area contributed by atoms with Crippen molar-refractivity contribution in [3.63, 3.8) is 0 Å². The number of aromatic nitrogens is 3. The minimum Gasteiger partial charge on any atom is -0.217 e. The van der Waals surface area contributed by atoms with Crippen LogP contribution in [0.3, 0.4) is 0 Å². The molecule has 2 rings (SSSR count). The van der Waals surface area contributed by atoms with Gasteiger partial charge in [-0.05, 0) is 25.5 Å². The maximum atomic E-state index is 13.6. The third kappa shape index (κ3) is 2.29. The van der Waals surface area contributed by atoms with Crippen LogP contribution in [-0.4, -0.2) is 15.0 Å². The number of hydrogen-bond acceptors (Lipinski definition) is 2. The van der Waals surface area contributed by atoms with E-state index in [0.717, 1.165) is 12.1 Å². The summed E-state index contributed by atoms with van der Waals surface area (Å²) >= 11 is 5.82. The Balaban J connectivity index is 2.49. The van der Waals surface area contributed by atoms with Crippen LogP contribution in [0, 0.1) is 18.6 Å². The topological polar surface area (TPSA) is 30.7 Å². The molecule has 1 atom stereocenters. The van der Waals surface area contributed by atoms with Crippen LogP contribution in [0.4, 0.5) is 8.78 Å². The lowest BCUT2D eigenvalue weighted by Crippen LogP contribution is -2.00. The normalized spacial score (nSPS) is 12.8. The maximum absolute atomic E-state index is 13.6. The highest BCUT2D eigenvalue weighted by Gasteiger charge is 2.13. The second-order valence-electron chi connectivity index (χ2n) is 3.76.